The maximum atomic E-state index is 1.60. The zero-order chi connectivity index (χ0) is 8.67. The van der Waals surface area contributed by atoms with Crippen LogP contribution in [0.1, 0.15) is 51.4 Å². The van der Waals surface area contributed by atoms with Crippen molar-refractivity contribution in [3.63, 3.8) is 0 Å². The van der Waals surface area contributed by atoms with Crippen molar-refractivity contribution in [2.75, 3.05) is 0 Å². The van der Waals surface area contributed by atoms with E-state index in [-0.39, 0.29) is 8.41 Å². The molecule has 0 aromatic carbocycles. The van der Waals surface area contributed by atoms with Crippen LogP contribution in [0.2, 0.25) is 0 Å². The van der Waals surface area contributed by atoms with Crippen LogP contribution in [0.4, 0.5) is 0 Å². The zero-order valence-electron chi connectivity index (χ0n) is 9.04. The minimum Gasteiger partial charge on any atom is -0.115 e. The first-order valence-electron chi connectivity index (χ1n) is 6.21. The first-order valence-corrected chi connectivity index (χ1v) is 7.37. The lowest BCUT2D eigenvalue weighted by Crippen LogP contribution is -2.26. The van der Waals surface area contributed by atoms with E-state index in [4.69, 9.17) is 0 Å². The van der Waals surface area contributed by atoms with E-state index in [2.05, 4.69) is 0 Å². The van der Waals surface area contributed by atoms with Crippen LogP contribution in [0.3, 0.4) is 0 Å². The van der Waals surface area contributed by atoms with Gasteiger partial charge in [-0.1, -0.05) is 25.7 Å². The third-order valence-corrected chi connectivity index (χ3v) is 6.91. The molecule has 0 N–H and O–H groups in total. The molecule has 0 spiro atoms. The maximum Gasteiger partial charge on any atom is 0 e. The minimum absolute atomic E-state index is 0. The molecule has 2 aliphatic carbocycles. The van der Waals surface area contributed by atoms with E-state index in [9.17, 15) is 0 Å². The van der Waals surface area contributed by atoms with Crippen LogP contribution in [0.25, 0.3) is 0 Å². The number of fused-ring (bicyclic) bond motifs is 3. The third-order valence-electron chi connectivity index (χ3n) is 4.62. The maximum absolute atomic E-state index is 1.60. The predicted octanol–water partition coefficient (Wildman–Crippen LogP) is 3.42. The summed E-state index contributed by atoms with van der Waals surface area (Å²) in [4.78, 5) is 0. The second kappa shape index (κ2) is 4.56. The smallest absolute Gasteiger partial charge is 0 e. The second-order valence-corrected chi connectivity index (χ2v) is 7.09. The molecule has 0 aromatic rings. The molecule has 0 aromatic heterocycles. The van der Waals surface area contributed by atoms with E-state index >= 15 is 0 Å². The molecule has 2 heteroatoms. The number of hydrogen-bond donors (Lipinski definition) is 0. The van der Waals surface area contributed by atoms with Crippen LogP contribution in [0, 0.1) is 11.8 Å². The predicted molar refractivity (Wildman–Crippen MR) is 65.6 cm³/mol. The highest BCUT2D eigenvalue weighted by Crippen LogP contribution is 2.57. The Kier molecular flexibility index (Phi) is 3.58. The second-order valence-electron chi connectivity index (χ2n) is 5.28. The molecule has 5 atom stereocenters. The highest BCUT2D eigenvalue weighted by molar-refractivity contribution is 7.40. The molecule has 77 valence electrons. The van der Waals surface area contributed by atoms with Gasteiger partial charge in [0.25, 0.3) is 0 Å². The molecule has 3 radical (unpaired) electrons. The topological polar surface area (TPSA) is 0 Å². The molecule has 0 bridgehead atoms. The van der Waals surface area contributed by atoms with E-state index < -0.39 is 0 Å². The van der Waals surface area contributed by atoms with Crippen molar-refractivity contribution < 1.29 is 0 Å². The van der Waals surface area contributed by atoms with E-state index in [1.54, 1.807) is 51.4 Å². The Morgan fingerprint density at radius 2 is 1.07 bits per heavy atom. The van der Waals surface area contributed by atoms with Gasteiger partial charge in [-0.25, -0.2) is 0 Å². The summed E-state index contributed by atoms with van der Waals surface area (Å²) >= 11 is 0. The van der Waals surface area contributed by atoms with Crippen LogP contribution >= 0.6 is 8.58 Å². The standard InChI is InChI=1S/C12H21P.B/c1-3-7-11-9(5-1)10-6-2-4-8-12(10)13-11;/h9-13H,1-8H2;/t9-,10+,11-,12-;/m1./s1. The monoisotopic (exact) mass is 207 g/mol. The zero-order valence-corrected chi connectivity index (χ0v) is 10.0. The Bertz CT molecular complexity index is 175. The van der Waals surface area contributed by atoms with Gasteiger partial charge in [0, 0.05) is 8.41 Å². The largest absolute Gasteiger partial charge is 0.115 e. The Labute approximate surface area is 92.0 Å². The lowest BCUT2D eigenvalue weighted by atomic mass is 9.73. The van der Waals surface area contributed by atoms with Gasteiger partial charge in [-0.15, -0.1) is 8.58 Å². The van der Waals surface area contributed by atoms with Gasteiger partial charge in [0.1, 0.15) is 0 Å². The van der Waals surface area contributed by atoms with Gasteiger partial charge in [-0.2, -0.15) is 0 Å². The van der Waals surface area contributed by atoms with Crippen molar-refractivity contribution in [3.05, 3.63) is 0 Å². The fraction of sp³-hybridized carbons (Fsp3) is 1.00. The lowest BCUT2D eigenvalue weighted by molar-refractivity contribution is 0.231. The van der Waals surface area contributed by atoms with Crippen molar-refractivity contribution in [1.29, 1.82) is 0 Å². The van der Waals surface area contributed by atoms with Crippen LogP contribution in [-0.4, -0.2) is 19.7 Å². The van der Waals surface area contributed by atoms with E-state index in [0.29, 0.717) is 0 Å². The van der Waals surface area contributed by atoms with Gasteiger partial charge in [-0.3, -0.25) is 0 Å². The molecule has 2 saturated carbocycles. The Balaban J connectivity index is 0.000000750. The van der Waals surface area contributed by atoms with E-state index in [0.717, 1.165) is 0 Å². The first kappa shape index (κ1) is 11.0. The molecule has 0 nitrogen and oxygen atoms in total. The molecular weight excluding hydrogens is 186 g/mol. The Morgan fingerprint density at radius 1 is 0.643 bits per heavy atom. The molecule has 3 aliphatic rings. The van der Waals surface area contributed by atoms with Gasteiger partial charge >= 0.3 is 0 Å². The molecule has 1 unspecified atom stereocenters. The molecule has 1 heterocycles. The highest BCUT2D eigenvalue weighted by atomic mass is 31.1. The van der Waals surface area contributed by atoms with E-state index in [1.165, 1.54) is 31.7 Å². The molecule has 1 aliphatic heterocycles. The summed E-state index contributed by atoms with van der Waals surface area (Å²) in [5.74, 6) is 2.38. The van der Waals surface area contributed by atoms with Crippen molar-refractivity contribution >= 4 is 17.0 Å². The fourth-order valence-electron chi connectivity index (χ4n) is 4.03. The Hall–Kier alpha value is 0.495. The summed E-state index contributed by atoms with van der Waals surface area (Å²) in [6.45, 7) is 0. The summed E-state index contributed by atoms with van der Waals surface area (Å²) in [7, 11) is 1.37. The third kappa shape index (κ3) is 1.78. The Morgan fingerprint density at radius 3 is 1.57 bits per heavy atom. The van der Waals surface area contributed by atoms with Gasteiger partial charge in [0.15, 0.2) is 0 Å². The van der Waals surface area contributed by atoms with Crippen molar-refractivity contribution in [2.45, 2.75) is 62.7 Å². The van der Waals surface area contributed by atoms with Gasteiger partial charge in [0.2, 0.25) is 0 Å². The van der Waals surface area contributed by atoms with Crippen LogP contribution in [0.15, 0.2) is 0 Å². The van der Waals surface area contributed by atoms with Crippen LogP contribution in [-0.2, 0) is 0 Å². The van der Waals surface area contributed by atoms with Gasteiger partial charge in [0.05, 0.1) is 0 Å². The normalized spacial score (nSPS) is 48.0. The molecule has 14 heavy (non-hydrogen) atoms. The fourth-order valence-corrected chi connectivity index (χ4v) is 6.65. The molecule has 0 amide bonds. The SMILES string of the molecule is C1CC[C@H]2P[C@@H]3CCCC[C@H]3[C@H]2C1.[B]. The molecule has 1 saturated heterocycles. The summed E-state index contributed by atoms with van der Waals surface area (Å²) in [5.41, 5.74) is 2.39. The average molecular weight is 207 g/mol. The summed E-state index contributed by atoms with van der Waals surface area (Å²) in [5, 5.41) is 0. The minimum atomic E-state index is 0. The highest BCUT2D eigenvalue weighted by Gasteiger charge is 2.44. The van der Waals surface area contributed by atoms with Crippen molar-refractivity contribution in [1.82, 2.24) is 0 Å². The van der Waals surface area contributed by atoms with Gasteiger partial charge in [-0.05, 0) is 48.8 Å². The molecular formula is C12H21BP. The average Bonchev–Trinajstić information content (AvgIpc) is 2.56. The summed E-state index contributed by atoms with van der Waals surface area (Å²) in [6, 6.07) is 0. The van der Waals surface area contributed by atoms with E-state index in [1.807, 2.05) is 0 Å². The van der Waals surface area contributed by atoms with Crippen LogP contribution < -0.4 is 0 Å². The number of hydrogen-bond acceptors (Lipinski definition) is 0. The van der Waals surface area contributed by atoms with Crippen LogP contribution in [0.5, 0.6) is 0 Å². The number of rotatable bonds is 0. The summed E-state index contributed by atoms with van der Waals surface area (Å²) in [6.07, 6.45) is 12.6. The molecule has 3 rings (SSSR count). The van der Waals surface area contributed by atoms with Gasteiger partial charge < -0.3 is 0 Å². The molecule has 3 fully saturated rings. The lowest BCUT2D eigenvalue weighted by Gasteiger charge is -2.31. The first-order chi connectivity index (χ1) is 6.45. The van der Waals surface area contributed by atoms with Crippen molar-refractivity contribution in [2.24, 2.45) is 11.8 Å². The summed E-state index contributed by atoms with van der Waals surface area (Å²) < 4.78 is 0. The quantitative estimate of drug-likeness (QED) is 0.421. The van der Waals surface area contributed by atoms with Crippen molar-refractivity contribution in [3.8, 4) is 0 Å².